The summed E-state index contributed by atoms with van der Waals surface area (Å²) in [4.78, 5) is 12.0. The summed E-state index contributed by atoms with van der Waals surface area (Å²) in [7, 11) is 0. The van der Waals surface area contributed by atoms with Gasteiger partial charge in [0.25, 0.3) is 5.91 Å². The van der Waals surface area contributed by atoms with Crippen molar-refractivity contribution < 1.29 is 4.79 Å². The van der Waals surface area contributed by atoms with E-state index in [4.69, 9.17) is 11.6 Å². The minimum absolute atomic E-state index is 0.0711. The van der Waals surface area contributed by atoms with E-state index in [1.165, 1.54) is 12.8 Å². The molecular weight excluding hydrogens is 289 g/mol. The van der Waals surface area contributed by atoms with Gasteiger partial charge in [0.2, 0.25) is 0 Å². The number of carbonyl (C=O) groups is 1. The van der Waals surface area contributed by atoms with Gasteiger partial charge in [-0.15, -0.1) is 0 Å². The average molecular weight is 303 g/mol. The van der Waals surface area contributed by atoms with Crippen LogP contribution in [0, 0.1) is 0 Å². The Balaban J connectivity index is 2.10. The summed E-state index contributed by atoms with van der Waals surface area (Å²) in [6.45, 7) is 0. The third-order valence-electron chi connectivity index (χ3n) is 2.86. The van der Waals surface area contributed by atoms with Crippen LogP contribution in [0.1, 0.15) is 36.0 Å². The second-order valence-corrected chi connectivity index (χ2v) is 5.40. The van der Waals surface area contributed by atoms with Crippen LogP contribution in [0.2, 0.25) is 5.02 Å². The van der Waals surface area contributed by atoms with Crippen molar-refractivity contribution in [2.24, 2.45) is 0 Å². The highest BCUT2D eigenvalue weighted by atomic mass is 79.9. The summed E-state index contributed by atoms with van der Waals surface area (Å²) < 4.78 is 0.869. The van der Waals surface area contributed by atoms with Crippen LogP contribution >= 0.6 is 27.5 Å². The smallest absolute Gasteiger partial charge is 0.253 e. The fourth-order valence-corrected chi connectivity index (χ4v) is 2.57. The molecule has 2 nitrogen and oxygen atoms in total. The number of nitrogens with one attached hydrogen (secondary N) is 1. The Bertz CT molecular complexity index is 402. The lowest BCUT2D eigenvalue weighted by molar-refractivity contribution is 0.0938. The highest BCUT2D eigenvalue weighted by Gasteiger charge is 2.19. The number of benzene rings is 1. The van der Waals surface area contributed by atoms with Crippen LogP contribution in [0.25, 0.3) is 0 Å². The van der Waals surface area contributed by atoms with Crippen LogP contribution in [0.15, 0.2) is 22.7 Å². The first kappa shape index (κ1) is 11.9. The fourth-order valence-electron chi connectivity index (χ4n) is 2.00. The number of hydrogen-bond donors (Lipinski definition) is 1. The lowest BCUT2D eigenvalue weighted by atomic mass is 10.2. The summed E-state index contributed by atoms with van der Waals surface area (Å²) in [6.07, 6.45) is 4.57. The molecule has 1 aromatic rings. The molecule has 2 rings (SSSR count). The molecule has 0 atom stereocenters. The van der Waals surface area contributed by atoms with E-state index in [0.717, 1.165) is 17.3 Å². The van der Waals surface area contributed by atoms with Crippen LogP contribution in [0.3, 0.4) is 0 Å². The first-order chi connectivity index (χ1) is 7.66. The molecule has 0 heterocycles. The Kier molecular flexibility index (Phi) is 3.87. The van der Waals surface area contributed by atoms with E-state index in [1.54, 1.807) is 12.1 Å². The first-order valence-corrected chi connectivity index (χ1v) is 6.60. The SMILES string of the molecule is O=C(NC1CCCC1)c1cc(Br)ccc1Cl. The molecule has 16 heavy (non-hydrogen) atoms. The predicted molar refractivity (Wildman–Crippen MR) is 68.9 cm³/mol. The lowest BCUT2D eigenvalue weighted by Crippen LogP contribution is -2.32. The average Bonchev–Trinajstić information content (AvgIpc) is 2.74. The molecule has 0 aromatic heterocycles. The van der Waals surface area contributed by atoms with Gasteiger partial charge in [0.1, 0.15) is 0 Å². The second kappa shape index (κ2) is 5.19. The summed E-state index contributed by atoms with van der Waals surface area (Å²) >= 11 is 9.33. The van der Waals surface area contributed by atoms with Crippen molar-refractivity contribution in [3.05, 3.63) is 33.3 Å². The van der Waals surface area contributed by atoms with Crippen molar-refractivity contribution in [2.75, 3.05) is 0 Å². The Morgan fingerprint density at radius 1 is 1.38 bits per heavy atom. The van der Waals surface area contributed by atoms with Crippen molar-refractivity contribution in [1.29, 1.82) is 0 Å². The summed E-state index contributed by atoms with van der Waals surface area (Å²) in [6, 6.07) is 5.64. The molecule has 1 amide bonds. The standard InChI is InChI=1S/C12H13BrClNO/c13-8-5-6-11(14)10(7-8)12(16)15-9-3-1-2-4-9/h5-7,9H,1-4H2,(H,15,16). The molecular formula is C12H13BrClNO. The third kappa shape index (κ3) is 2.77. The van der Waals surface area contributed by atoms with Crippen LogP contribution in [-0.4, -0.2) is 11.9 Å². The van der Waals surface area contributed by atoms with Gasteiger partial charge in [0, 0.05) is 10.5 Å². The molecule has 1 N–H and O–H groups in total. The largest absolute Gasteiger partial charge is 0.349 e. The zero-order chi connectivity index (χ0) is 11.5. The van der Waals surface area contributed by atoms with Crippen molar-refractivity contribution in [3.8, 4) is 0 Å². The summed E-state index contributed by atoms with van der Waals surface area (Å²) in [5, 5.41) is 3.52. The molecule has 0 aliphatic heterocycles. The fraction of sp³-hybridized carbons (Fsp3) is 0.417. The molecule has 1 aliphatic rings. The second-order valence-electron chi connectivity index (χ2n) is 4.08. The van der Waals surface area contributed by atoms with E-state index in [2.05, 4.69) is 21.2 Å². The number of hydrogen-bond acceptors (Lipinski definition) is 1. The van der Waals surface area contributed by atoms with Crippen LogP contribution in [-0.2, 0) is 0 Å². The zero-order valence-corrected chi connectivity index (χ0v) is 11.1. The molecule has 1 aromatic carbocycles. The zero-order valence-electron chi connectivity index (χ0n) is 8.80. The molecule has 86 valence electrons. The van der Waals surface area contributed by atoms with Crippen LogP contribution < -0.4 is 5.32 Å². The van der Waals surface area contributed by atoms with Gasteiger partial charge < -0.3 is 5.32 Å². The van der Waals surface area contributed by atoms with Gasteiger partial charge in [-0.05, 0) is 31.0 Å². The van der Waals surface area contributed by atoms with Gasteiger partial charge in [-0.1, -0.05) is 40.4 Å². The van der Waals surface area contributed by atoms with E-state index in [-0.39, 0.29) is 5.91 Å². The maximum absolute atomic E-state index is 12.0. The molecule has 1 aliphatic carbocycles. The minimum atomic E-state index is -0.0711. The number of rotatable bonds is 2. The predicted octanol–water partition coefficient (Wildman–Crippen LogP) is 3.77. The quantitative estimate of drug-likeness (QED) is 0.885. The topological polar surface area (TPSA) is 29.1 Å². The monoisotopic (exact) mass is 301 g/mol. The highest BCUT2D eigenvalue weighted by molar-refractivity contribution is 9.10. The Morgan fingerprint density at radius 2 is 2.06 bits per heavy atom. The molecule has 0 unspecified atom stereocenters. The van der Waals surface area contributed by atoms with Crippen molar-refractivity contribution in [1.82, 2.24) is 5.32 Å². The van der Waals surface area contributed by atoms with E-state index >= 15 is 0 Å². The molecule has 1 saturated carbocycles. The van der Waals surface area contributed by atoms with Gasteiger partial charge >= 0.3 is 0 Å². The highest BCUT2D eigenvalue weighted by Crippen LogP contribution is 2.23. The van der Waals surface area contributed by atoms with Crippen LogP contribution in [0.4, 0.5) is 0 Å². The summed E-state index contributed by atoms with van der Waals surface area (Å²) in [5.74, 6) is -0.0711. The Morgan fingerprint density at radius 3 is 2.75 bits per heavy atom. The van der Waals surface area contributed by atoms with E-state index in [0.29, 0.717) is 16.6 Å². The number of carbonyl (C=O) groups excluding carboxylic acids is 1. The number of halogens is 2. The van der Waals surface area contributed by atoms with Gasteiger partial charge in [-0.25, -0.2) is 0 Å². The maximum atomic E-state index is 12.0. The molecule has 0 spiro atoms. The molecule has 0 radical (unpaired) electrons. The third-order valence-corrected chi connectivity index (χ3v) is 3.69. The molecule has 0 saturated heterocycles. The molecule has 4 heteroatoms. The molecule has 0 bridgehead atoms. The van der Waals surface area contributed by atoms with Crippen molar-refractivity contribution in [3.63, 3.8) is 0 Å². The molecule has 1 fully saturated rings. The van der Waals surface area contributed by atoms with Gasteiger partial charge in [-0.2, -0.15) is 0 Å². The van der Waals surface area contributed by atoms with Crippen LogP contribution in [0.5, 0.6) is 0 Å². The van der Waals surface area contributed by atoms with E-state index in [1.807, 2.05) is 6.07 Å². The van der Waals surface area contributed by atoms with E-state index in [9.17, 15) is 4.79 Å². The van der Waals surface area contributed by atoms with Crippen molar-refractivity contribution >= 4 is 33.4 Å². The maximum Gasteiger partial charge on any atom is 0.253 e. The van der Waals surface area contributed by atoms with Gasteiger partial charge in [0.05, 0.1) is 10.6 Å². The first-order valence-electron chi connectivity index (χ1n) is 5.43. The Hall–Kier alpha value is -0.540. The normalized spacial score (nSPS) is 16.4. The van der Waals surface area contributed by atoms with Gasteiger partial charge in [0.15, 0.2) is 0 Å². The lowest BCUT2D eigenvalue weighted by Gasteiger charge is -2.12. The Labute approximate surface area is 108 Å². The van der Waals surface area contributed by atoms with E-state index < -0.39 is 0 Å². The van der Waals surface area contributed by atoms with Gasteiger partial charge in [-0.3, -0.25) is 4.79 Å². The minimum Gasteiger partial charge on any atom is -0.349 e. The number of amides is 1. The van der Waals surface area contributed by atoms with Crippen molar-refractivity contribution in [2.45, 2.75) is 31.7 Å². The summed E-state index contributed by atoms with van der Waals surface area (Å²) in [5.41, 5.74) is 0.544.